The fourth-order valence-corrected chi connectivity index (χ4v) is 2.65. The summed E-state index contributed by atoms with van der Waals surface area (Å²) >= 11 is 7.35. The lowest BCUT2D eigenvalue weighted by atomic mass is 10.2. The molecule has 0 aliphatic carbocycles. The molecule has 2 N–H and O–H groups in total. The first-order valence-corrected chi connectivity index (χ1v) is 8.25. The predicted octanol–water partition coefficient (Wildman–Crippen LogP) is 3.06. The number of nitrogens with zero attached hydrogens (tertiary/aromatic N) is 2. The third-order valence-electron chi connectivity index (χ3n) is 2.88. The molecule has 128 valence electrons. The molecule has 0 aliphatic rings. The number of hydrazone groups is 1. The number of aromatic nitrogens is 1. The Morgan fingerprint density at radius 3 is 3.04 bits per heavy atom. The quantitative estimate of drug-likeness (QED) is 0.442. The van der Waals surface area contributed by atoms with E-state index in [1.54, 1.807) is 24.4 Å². The van der Waals surface area contributed by atoms with E-state index in [0.717, 1.165) is 0 Å². The fourth-order valence-electron chi connectivity index (χ4n) is 1.78. The van der Waals surface area contributed by atoms with Gasteiger partial charge in [-0.3, -0.25) is 10.2 Å². The summed E-state index contributed by atoms with van der Waals surface area (Å²) in [5.41, 5.74) is 3.87. The minimum Gasteiger partial charge on any atom is -0.503 e. The number of carbonyl (C=O) groups excluding carboxylic acids is 1. The summed E-state index contributed by atoms with van der Waals surface area (Å²) in [6, 6.07) is 3.25. The topological polar surface area (TPSA) is 93.0 Å². The summed E-state index contributed by atoms with van der Waals surface area (Å²) in [7, 11) is 1.44. The maximum atomic E-state index is 11.4. The highest BCUT2D eigenvalue weighted by molar-refractivity contribution is 7.13. The van der Waals surface area contributed by atoms with Gasteiger partial charge in [0, 0.05) is 10.9 Å². The summed E-state index contributed by atoms with van der Waals surface area (Å²) in [5, 5.41) is 16.3. The molecular formula is C15H16ClN3O4S. The van der Waals surface area contributed by atoms with Crippen molar-refractivity contribution in [3.05, 3.63) is 33.8 Å². The molecule has 1 aromatic heterocycles. The van der Waals surface area contributed by atoms with Gasteiger partial charge in [0.2, 0.25) is 5.13 Å². The van der Waals surface area contributed by atoms with Crippen LogP contribution in [0.3, 0.4) is 0 Å². The average Bonchev–Trinajstić information content (AvgIpc) is 2.99. The van der Waals surface area contributed by atoms with Gasteiger partial charge < -0.3 is 14.6 Å². The number of aromatic hydroxyl groups is 1. The molecule has 0 bridgehead atoms. The first kappa shape index (κ1) is 18.0. The Morgan fingerprint density at radius 2 is 2.33 bits per heavy atom. The molecule has 0 saturated carbocycles. The molecule has 0 spiro atoms. The second kappa shape index (κ2) is 8.51. The molecular weight excluding hydrogens is 354 g/mol. The van der Waals surface area contributed by atoms with Gasteiger partial charge in [-0.2, -0.15) is 5.10 Å². The van der Waals surface area contributed by atoms with Crippen molar-refractivity contribution < 1.29 is 19.4 Å². The van der Waals surface area contributed by atoms with Gasteiger partial charge in [0.15, 0.2) is 11.5 Å². The minimum absolute atomic E-state index is 0.119. The second-order valence-corrected chi connectivity index (χ2v) is 5.75. The van der Waals surface area contributed by atoms with Crippen molar-refractivity contribution in [1.29, 1.82) is 0 Å². The fraction of sp³-hybridized carbons (Fsp3) is 0.267. The van der Waals surface area contributed by atoms with E-state index in [9.17, 15) is 9.90 Å². The molecule has 2 aromatic rings. The van der Waals surface area contributed by atoms with Crippen LogP contribution in [0.2, 0.25) is 5.02 Å². The number of rotatable bonds is 7. The number of hydrogen-bond acceptors (Lipinski definition) is 8. The minimum atomic E-state index is -0.321. The van der Waals surface area contributed by atoms with E-state index < -0.39 is 0 Å². The van der Waals surface area contributed by atoms with Gasteiger partial charge in [0.1, 0.15) is 0 Å². The Bertz CT molecular complexity index is 748. The van der Waals surface area contributed by atoms with E-state index in [4.69, 9.17) is 21.1 Å². The maximum absolute atomic E-state index is 11.4. The molecule has 7 nitrogen and oxygen atoms in total. The van der Waals surface area contributed by atoms with Gasteiger partial charge in [-0.1, -0.05) is 11.6 Å². The number of benzene rings is 1. The van der Waals surface area contributed by atoms with Crippen molar-refractivity contribution in [3.8, 4) is 11.5 Å². The third-order valence-corrected chi connectivity index (χ3v) is 4.07. The number of methoxy groups -OCH3 is 1. The van der Waals surface area contributed by atoms with Crippen LogP contribution in [-0.2, 0) is 16.0 Å². The van der Waals surface area contributed by atoms with Crippen LogP contribution in [0, 0.1) is 0 Å². The summed E-state index contributed by atoms with van der Waals surface area (Å²) in [4.78, 5) is 15.6. The first-order chi connectivity index (χ1) is 11.5. The van der Waals surface area contributed by atoms with E-state index in [1.165, 1.54) is 24.7 Å². The molecule has 9 heteroatoms. The van der Waals surface area contributed by atoms with Crippen molar-refractivity contribution in [3.63, 3.8) is 0 Å². The highest BCUT2D eigenvalue weighted by Gasteiger charge is 2.10. The maximum Gasteiger partial charge on any atom is 0.311 e. The van der Waals surface area contributed by atoms with E-state index in [0.29, 0.717) is 23.0 Å². The van der Waals surface area contributed by atoms with E-state index >= 15 is 0 Å². The summed E-state index contributed by atoms with van der Waals surface area (Å²) < 4.78 is 9.83. The van der Waals surface area contributed by atoms with E-state index in [-0.39, 0.29) is 28.9 Å². The number of ether oxygens (including phenoxy) is 2. The van der Waals surface area contributed by atoms with Gasteiger partial charge >= 0.3 is 5.97 Å². The number of hydrogen-bond donors (Lipinski definition) is 2. The Labute approximate surface area is 147 Å². The lowest BCUT2D eigenvalue weighted by molar-refractivity contribution is -0.142. The third kappa shape index (κ3) is 4.59. The summed E-state index contributed by atoms with van der Waals surface area (Å²) in [6.45, 7) is 2.09. The molecule has 0 aliphatic heterocycles. The highest BCUT2D eigenvalue weighted by Crippen LogP contribution is 2.35. The van der Waals surface area contributed by atoms with Gasteiger partial charge in [-0.25, -0.2) is 4.98 Å². The number of phenols is 1. The van der Waals surface area contributed by atoms with Crippen LogP contribution in [0.15, 0.2) is 22.6 Å². The Hall–Kier alpha value is -2.32. The number of carbonyl (C=O) groups is 1. The van der Waals surface area contributed by atoms with Crippen molar-refractivity contribution in [2.24, 2.45) is 5.10 Å². The molecule has 2 rings (SSSR count). The van der Waals surface area contributed by atoms with Crippen LogP contribution >= 0.6 is 22.9 Å². The lowest BCUT2D eigenvalue weighted by Crippen LogP contribution is -2.07. The predicted molar refractivity (Wildman–Crippen MR) is 93.3 cm³/mol. The zero-order valence-electron chi connectivity index (χ0n) is 13.1. The lowest BCUT2D eigenvalue weighted by Gasteiger charge is -2.06. The standard InChI is InChI=1S/C15H16ClN3O4S/c1-3-23-12(20)6-10-8-24-15(18-10)19-17-7-9-4-5-11(22-2)14(21)13(9)16/h4-5,7-8,21H,3,6H2,1-2H3,(H,18,19). The van der Waals surface area contributed by atoms with Crippen LogP contribution < -0.4 is 10.2 Å². The molecule has 0 unspecified atom stereocenters. The Balaban J connectivity index is 1.99. The van der Waals surface area contributed by atoms with E-state index in [1.807, 2.05) is 0 Å². The zero-order valence-corrected chi connectivity index (χ0v) is 14.6. The smallest absolute Gasteiger partial charge is 0.311 e. The number of nitrogens with one attached hydrogen (secondary N) is 1. The van der Waals surface area contributed by atoms with Crippen molar-refractivity contribution >= 4 is 40.3 Å². The van der Waals surface area contributed by atoms with Crippen LogP contribution in [0.1, 0.15) is 18.2 Å². The van der Waals surface area contributed by atoms with Crippen LogP contribution in [0.25, 0.3) is 0 Å². The molecule has 0 saturated heterocycles. The number of thiazole rings is 1. The van der Waals surface area contributed by atoms with E-state index in [2.05, 4.69) is 15.5 Å². The SMILES string of the molecule is CCOC(=O)Cc1csc(NN=Cc2ccc(OC)c(O)c2Cl)n1. The molecule has 1 heterocycles. The van der Waals surface area contributed by atoms with Crippen molar-refractivity contribution in [2.75, 3.05) is 19.1 Å². The van der Waals surface area contributed by atoms with Crippen molar-refractivity contribution in [1.82, 2.24) is 4.98 Å². The molecule has 0 atom stereocenters. The van der Waals surface area contributed by atoms with Crippen molar-refractivity contribution in [2.45, 2.75) is 13.3 Å². The first-order valence-electron chi connectivity index (χ1n) is 6.99. The number of anilines is 1. The van der Waals surface area contributed by atoms with Gasteiger partial charge in [0.05, 0.1) is 37.1 Å². The monoisotopic (exact) mass is 369 g/mol. The number of esters is 1. The Kier molecular flexibility index (Phi) is 6.39. The zero-order chi connectivity index (χ0) is 17.5. The highest BCUT2D eigenvalue weighted by atomic mass is 35.5. The molecule has 0 amide bonds. The number of halogens is 1. The molecule has 1 aromatic carbocycles. The van der Waals surface area contributed by atoms with Crippen LogP contribution in [-0.4, -0.2) is 36.0 Å². The summed E-state index contributed by atoms with van der Waals surface area (Å²) in [5.74, 6) is -0.180. The largest absolute Gasteiger partial charge is 0.503 e. The van der Waals surface area contributed by atoms with Gasteiger partial charge in [0.25, 0.3) is 0 Å². The Morgan fingerprint density at radius 1 is 1.54 bits per heavy atom. The molecule has 0 fully saturated rings. The van der Waals surface area contributed by atoms with Gasteiger partial charge in [-0.05, 0) is 19.1 Å². The normalized spacial score (nSPS) is 10.8. The average molecular weight is 370 g/mol. The number of phenolic OH excluding ortho intramolecular Hbond substituents is 1. The second-order valence-electron chi connectivity index (χ2n) is 4.52. The summed E-state index contributed by atoms with van der Waals surface area (Å²) in [6.07, 6.45) is 1.57. The van der Waals surface area contributed by atoms with Crippen LogP contribution in [0.4, 0.5) is 5.13 Å². The molecule has 0 radical (unpaired) electrons. The van der Waals surface area contributed by atoms with Crippen LogP contribution in [0.5, 0.6) is 11.5 Å². The molecule has 24 heavy (non-hydrogen) atoms. The van der Waals surface area contributed by atoms with Gasteiger partial charge in [-0.15, -0.1) is 11.3 Å².